The van der Waals surface area contributed by atoms with Gasteiger partial charge >= 0.3 is 5.97 Å². The van der Waals surface area contributed by atoms with E-state index in [1.54, 1.807) is 0 Å². The number of amides is 1. The Hall–Kier alpha value is -1.40. The predicted octanol–water partition coefficient (Wildman–Crippen LogP) is 1.21. The van der Waals surface area contributed by atoms with E-state index in [0.717, 1.165) is 0 Å². The minimum absolute atomic E-state index is 0.0221. The number of aliphatic carboxylic acids is 1. The second-order valence-corrected chi connectivity index (χ2v) is 4.30. The number of hydrogen-bond acceptors (Lipinski definition) is 4. The normalized spacial score (nSPS) is 13.6. The largest absolute Gasteiger partial charge is 0.480 e. The van der Waals surface area contributed by atoms with Gasteiger partial charge < -0.3 is 10.4 Å². The summed E-state index contributed by atoms with van der Waals surface area (Å²) < 4.78 is 0. The van der Waals surface area contributed by atoms with Crippen LogP contribution in [0.3, 0.4) is 0 Å². The Kier molecular flexibility index (Phi) is 7.16. The lowest BCUT2D eigenvalue weighted by Gasteiger charge is -2.17. The highest BCUT2D eigenvalue weighted by atomic mass is 32.1. The summed E-state index contributed by atoms with van der Waals surface area (Å²) in [7, 11) is 0. The van der Waals surface area contributed by atoms with E-state index in [1.165, 1.54) is 0 Å². The van der Waals surface area contributed by atoms with Gasteiger partial charge in [0.15, 0.2) is 0 Å². The number of thiol groups is 1. The van der Waals surface area contributed by atoms with Crippen molar-refractivity contribution in [1.82, 2.24) is 5.32 Å². The van der Waals surface area contributed by atoms with Gasteiger partial charge in [-0.25, -0.2) is 4.79 Å². The average molecular weight is 260 g/mol. The van der Waals surface area contributed by atoms with Gasteiger partial charge in [0.25, 0.3) is 0 Å². The summed E-state index contributed by atoms with van der Waals surface area (Å²) in [6.45, 7) is 3.75. The van der Waals surface area contributed by atoms with Crippen LogP contribution in [0.1, 0.15) is 20.3 Å². The summed E-state index contributed by atoms with van der Waals surface area (Å²) in [5.74, 6) is -1.61. The standard InChI is InChI=1S/C9H16N4O3S/c1-5(2)3-6(12-13-10)8(14)11-7(4-17)9(15)16/h5-7,17H,3-4H2,1-2H3,(H,11,14)(H,15,16)/t6-,7-/m0/s1. The third kappa shape index (κ3) is 6.03. The van der Waals surface area contributed by atoms with Crippen LogP contribution >= 0.6 is 12.6 Å². The van der Waals surface area contributed by atoms with Gasteiger partial charge in [-0.2, -0.15) is 12.6 Å². The van der Waals surface area contributed by atoms with Gasteiger partial charge in [-0.05, 0) is 17.9 Å². The molecule has 2 N–H and O–H groups in total. The summed E-state index contributed by atoms with van der Waals surface area (Å²) in [4.78, 5) is 25.0. The lowest BCUT2D eigenvalue weighted by Crippen LogP contribution is -2.46. The first kappa shape index (κ1) is 15.6. The number of carbonyl (C=O) groups excluding carboxylic acids is 1. The van der Waals surface area contributed by atoms with E-state index >= 15 is 0 Å². The van der Waals surface area contributed by atoms with E-state index in [2.05, 4.69) is 28.0 Å². The zero-order chi connectivity index (χ0) is 13.4. The minimum atomic E-state index is -1.17. The molecule has 0 aromatic carbocycles. The zero-order valence-electron chi connectivity index (χ0n) is 9.70. The first-order valence-corrected chi connectivity index (χ1v) is 5.73. The summed E-state index contributed by atoms with van der Waals surface area (Å²) >= 11 is 3.82. The first-order valence-electron chi connectivity index (χ1n) is 5.10. The number of carbonyl (C=O) groups is 2. The maximum atomic E-state index is 11.7. The SMILES string of the molecule is CC(C)C[C@H](N=[N+]=[N-])C(=O)N[C@@H](CS)C(=O)O. The Morgan fingerprint density at radius 3 is 2.47 bits per heavy atom. The number of nitrogens with zero attached hydrogens (tertiary/aromatic N) is 3. The fourth-order valence-corrected chi connectivity index (χ4v) is 1.42. The van der Waals surface area contributed by atoms with Crippen molar-refractivity contribution >= 4 is 24.5 Å². The van der Waals surface area contributed by atoms with Crippen LogP contribution in [-0.4, -0.2) is 34.8 Å². The van der Waals surface area contributed by atoms with E-state index in [4.69, 9.17) is 10.6 Å². The number of carboxylic acid groups (broad SMARTS) is 1. The fraction of sp³-hybridized carbons (Fsp3) is 0.778. The molecule has 0 fully saturated rings. The van der Waals surface area contributed by atoms with Gasteiger partial charge in [-0.3, -0.25) is 4.79 Å². The van der Waals surface area contributed by atoms with E-state index in [-0.39, 0.29) is 11.7 Å². The maximum absolute atomic E-state index is 11.7. The van der Waals surface area contributed by atoms with Gasteiger partial charge in [-0.1, -0.05) is 19.0 Å². The molecule has 0 aliphatic heterocycles. The highest BCUT2D eigenvalue weighted by molar-refractivity contribution is 7.80. The molecular weight excluding hydrogens is 244 g/mol. The molecule has 8 heteroatoms. The summed E-state index contributed by atoms with van der Waals surface area (Å²) in [6.07, 6.45) is 0.370. The Morgan fingerprint density at radius 2 is 2.12 bits per heavy atom. The van der Waals surface area contributed by atoms with E-state index in [1.807, 2.05) is 13.8 Å². The molecule has 96 valence electrons. The van der Waals surface area contributed by atoms with Crippen LogP contribution in [0.5, 0.6) is 0 Å². The van der Waals surface area contributed by atoms with Crippen molar-refractivity contribution in [3.8, 4) is 0 Å². The van der Waals surface area contributed by atoms with Crippen LogP contribution in [0, 0.1) is 5.92 Å². The van der Waals surface area contributed by atoms with Crippen molar-refractivity contribution in [2.75, 3.05) is 5.75 Å². The third-order valence-corrected chi connectivity index (χ3v) is 2.35. The Morgan fingerprint density at radius 1 is 1.53 bits per heavy atom. The number of nitrogens with one attached hydrogen (secondary N) is 1. The second kappa shape index (κ2) is 7.81. The zero-order valence-corrected chi connectivity index (χ0v) is 10.6. The molecule has 0 aromatic rings. The van der Waals surface area contributed by atoms with Crippen molar-refractivity contribution in [3.63, 3.8) is 0 Å². The van der Waals surface area contributed by atoms with E-state index < -0.39 is 24.0 Å². The number of azide groups is 1. The Labute approximate surface area is 105 Å². The maximum Gasteiger partial charge on any atom is 0.327 e. The number of hydrogen-bond donors (Lipinski definition) is 3. The van der Waals surface area contributed by atoms with Gasteiger partial charge in [0.2, 0.25) is 5.91 Å². The van der Waals surface area contributed by atoms with E-state index in [9.17, 15) is 9.59 Å². The van der Waals surface area contributed by atoms with Crippen LogP contribution in [0.4, 0.5) is 0 Å². The molecule has 0 bridgehead atoms. The smallest absolute Gasteiger partial charge is 0.327 e. The molecule has 2 atom stereocenters. The molecule has 0 rings (SSSR count). The quantitative estimate of drug-likeness (QED) is 0.276. The van der Waals surface area contributed by atoms with Crippen LogP contribution in [-0.2, 0) is 9.59 Å². The predicted molar refractivity (Wildman–Crippen MR) is 65.8 cm³/mol. The third-order valence-electron chi connectivity index (χ3n) is 1.99. The van der Waals surface area contributed by atoms with Gasteiger partial charge in [0.05, 0.1) is 0 Å². The topological polar surface area (TPSA) is 115 Å². The monoisotopic (exact) mass is 260 g/mol. The van der Waals surface area contributed by atoms with Crippen LogP contribution < -0.4 is 5.32 Å². The van der Waals surface area contributed by atoms with Crippen molar-refractivity contribution in [3.05, 3.63) is 10.4 Å². The summed E-state index contributed by atoms with van der Waals surface area (Å²) in [5, 5.41) is 14.4. The molecule has 0 aliphatic carbocycles. The second-order valence-electron chi connectivity index (χ2n) is 3.93. The summed E-state index contributed by atoms with van der Waals surface area (Å²) in [6, 6.07) is -1.96. The molecule has 0 heterocycles. The minimum Gasteiger partial charge on any atom is -0.480 e. The highest BCUT2D eigenvalue weighted by Gasteiger charge is 2.24. The molecule has 0 saturated carbocycles. The number of carboxylic acids is 1. The highest BCUT2D eigenvalue weighted by Crippen LogP contribution is 2.09. The molecule has 0 aromatic heterocycles. The molecule has 17 heavy (non-hydrogen) atoms. The van der Waals surface area contributed by atoms with Crippen molar-refractivity contribution < 1.29 is 14.7 Å². The lowest BCUT2D eigenvalue weighted by molar-refractivity contribution is -0.141. The van der Waals surface area contributed by atoms with Crippen molar-refractivity contribution in [2.24, 2.45) is 11.0 Å². The molecule has 0 unspecified atom stereocenters. The Bertz CT molecular complexity index is 328. The molecule has 7 nitrogen and oxygen atoms in total. The molecule has 0 saturated heterocycles. The average Bonchev–Trinajstić information content (AvgIpc) is 2.23. The van der Waals surface area contributed by atoms with Crippen LogP contribution in [0.2, 0.25) is 0 Å². The molecule has 0 spiro atoms. The first-order chi connectivity index (χ1) is 7.92. The number of rotatable bonds is 7. The molecule has 0 radical (unpaired) electrons. The van der Waals surface area contributed by atoms with Gasteiger partial charge in [0.1, 0.15) is 12.1 Å². The van der Waals surface area contributed by atoms with Crippen molar-refractivity contribution in [1.29, 1.82) is 0 Å². The molecular formula is C9H16N4O3S. The Balaban J connectivity index is 4.61. The van der Waals surface area contributed by atoms with Crippen molar-refractivity contribution in [2.45, 2.75) is 32.4 Å². The van der Waals surface area contributed by atoms with Gasteiger partial charge in [0, 0.05) is 10.7 Å². The molecule has 0 aliphatic rings. The summed E-state index contributed by atoms with van der Waals surface area (Å²) in [5.41, 5.74) is 8.35. The van der Waals surface area contributed by atoms with Gasteiger partial charge in [-0.15, -0.1) is 0 Å². The lowest BCUT2D eigenvalue weighted by atomic mass is 10.0. The van der Waals surface area contributed by atoms with E-state index in [0.29, 0.717) is 6.42 Å². The molecule has 1 amide bonds. The van der Waals surface area contributed by atoms with Crippen LogP contribution in [0.25, 0.3) is 10.4 Å². The fourth-order valence-electron chi connectivity index (χ4n) is 1.17. The van der Waals surface area contributed by atoms with Crippen LogP contribution in [0.15, 0.2) is 5.11 Å².